The van der Waals surface area contributed by atoms with Crippen molar-refractivity contribution in [2.45, 2.75) is 44.0 Å². The summed E-state index contributed by atoms with van der Waals surface area (Å²) in [5, 5.41) is 1.27. The summed E-state index contributed by atoms with van der Waals surface area (Å²) in [4.78, 5) is 0.152. The van der Waals surface area contributed by atoms with E-state index in [1.807, 2.05) is 0 Å². The van der Waals surface area contributed by atoms with Crippen molar-refractivity contribution >= 4 is 20.9 Å². The van der Waals surface area contributed by atoms with Crippen molar-refractivity contribution in [3.05, 3.63) is 89.1 Å². The third-order valence-electron chi connectivity index (χ3n) is 7.72. The largest absolute Gasteiger partial charge is 0.497 e. The third kappa shape index (κ3) is 4.62. The number of aryl methyl sites for hydroxylation is 1. The number of benzene rings is 3. The molecule has 0 spiro atoms. The van der Waals surface area contributed by atoms with Crippen LogP contribution in [0.25, 0.3) is 10.9 Å². The van der Waals surface area contributed by atoms with Gasteiger partial charge in [0, 0.05) is 42.3 Å². The molecule has 1 aromatic heterocycles. The zero-order valence-electron chi connectivity index (χ0n) is 21.9. The second-order valence-electron chi connectivity index (χ2n) is 9.72. The first-order valence-corrected chi connectivity index (χ1v) is 14.1. The van der Waals surface area contributed by atoms with Gasteiger partial charge in [-0.05, 0) is 67.5 Å². The van der Waals surface area contributed by atoms with E-state index in [0.29, 0.717) is 30.5 Å². The Bertz CT molecular complexity index is 1530. The van der Waals surface area contributed by atoms with Crippen molar-refractivity contribution in [2.24, 2.45) is 0 Å². The van der Waals surface area contributed by atoms with Crippen LogP contribution in [0, 0.1) is 13.8 Å². The molecule has 0 radical (unpaired) electrons. The molecule has 194 valence electrons. The summed E-state index contributed by atoms with van der Waals surface area (Å²) in [6, 6.07) is 22.0. The lowest BCUT2D eigenvalue weighted by molar-refractivity contribution is 0.317. The number of para-hydroxylation sites is 1. The van der Waals surface area contributed by atoms with E-state index in [9.17, 15) is 8.42 Å². The summed E-state index contributed by atoms with van der Waals surface area (Å²) in [6.45, 7) is 6.11. The SMILES string of the molecule is COc1ccc(OC)c(S(=O)(=O)N2CCC(c3c(C)n(Cc4ccccc4C)c4ccccc34)CC2)c1. The Kier molecular flexibility index (Phi) is 7.01. The number of methoxy groups -OCH3 is 2. The van der Waals surface area contributed by atoms with Crippen molar-refractivity contribution in [3.63, 3.8) is 0 Å². The van der Waals surface area contributed by atoms with Crippen LogP contribution in [0.1, 0.15) is 41.1 Å². The van der Waals surface area contributed by atoms with Crippen LogP contribution in [0.3, 0.4) is 0 Å². The Morgan fingerprint density at radius 1 is 0.892 bits per heavy atom. The summed E-state index contributed by atoms with van der Waals surface area (Å²) in [5.74, 6) is 1.12. The molecule has 0 unspecified atom stereocenters. The summed E-state index contributed by atoms with van der Waals surface area (Å²) in [5.41, 5.74) is 6.44. The molecule has 0 amide bonds. The van der Waals surface area contributed by atoms with Crippen LogP contribution in [0.2, 0.25) is 0 Å². The minimum Gasteiger partial charge on any atom is -0.497 e. The molecule has 7 heteroatoms. The molecule has 0 bridgehead atoms. The van der Waals surface area contributed by atoms with Crippen LogP contribution >= 0.6 is 0 Å². The highest BCUT2D eigenvalue weighted by Crippen LogP contribution is 2.40. The zero-order chi connectivity index (χ0) is 26.2. The molecule has 1 aliphatic heterocycles. The average molecular weight is 519 g/mol. The Labute approximate surface area is 219 Å². The van der Waals surface area contributed by atoms with E-state index in [1.165, 1.54) is 47.5 Å². The maximum absolute atomic E-state index is 13.6. The number of hydrogen-bond acceptors (Lipinski definition) is 4. The van der Waals surface area contributed by atoms with E-state index >= 15 is 0 Å². The number of nitrogens with zero attached hydrogens (tertiary/aromatic N) is 2. The van der Waals surface area contributed by atoms with Gasteiger partial charge in [0.05, 0.1) is 14.2 Å². The van der Waals surface area contributed by atoms with Crippen LogP contribution in [-0.2, 0) is 16.6 Å². The summed E-state index contributed by atoms with van der Waals surface area (Å²) in [7, 11) is -0.695. The molecule has 5 rings (SSSR count). The summed E-state index contributed by atoms with van der Waals surface area (Å²) >= 11 is 0. The molecular formula is C30H34N2O4S. The van der Waals surface area contributed by atoms with Crippen LogP contribution in [0.15, 0.2) is 71.6 Å². The minimum atomic E-state index is -3.71. The summed E-state index contributed by atoms with van der Waals surface area (Å²) < 4.78 is 41.8. The zero-order valence-corrected chi connectivity index (χ0v) is 22.7. The fourth-order valence-corrected chi connectivity index (χ4v) is 7.28. The maximum Gasteiger partial charge on any atom is 0.246 e. The van der Waals surface area contributed by atoms with E-state index in [4.69, 9.17) is 9.47 Å². The standard InChI is InChI=1S/C30H34N2O4S/c1-21-9-5-6-10-24(21)20-32-22(2)30(26-11-7-8-12-27(26)32)23-15-17-31(18-16-23)37(33,34)29-19-25(35-3)13-14-28(29)36-4/h5-14,19,23H,15-18,20H2,1-4H3. The number of rotatable bonds is 7. The first-order chi connectivity index (χ1) is 17.8. The van der Waals surface area contributed by atoms with E-state index < -0.39 is 10.0 Å². The van der Waals surface area contributed by atoms with Gasteiger partial charge in [-0.25, -0.2) is 8.42 Å². The molecular weight excluding hydrogens is 484 g/mol. The molecule has 0 atom stereocenters. The molecule has 4 aromatic rings. The number of piperidine rings is 1. The highest BCUT2D eigenvalue weighted by molar-refractivity contribution is 7.89. The minimum absolute atomic E-state index is 0.152. The van der Waals surface area contributed by atoms with Crippen molar-refractivity contribution in [1.29, 1.82) is 0 Å². The van der Waals surface area contributed by atoms with Gasteiger partial charge >= 0.3 is 0 Å². The molecule has 1 saturated heterocycles. The third-order valence-corrected chi connectivity index (χ3v) is 9.64. The predicted octanol–water partition coefficient (Wildman–Crippen LogP) is 5.89. The van der Waals surface area contributed by atoms with E-state index in [1.54, 1.807) is 22.5 Å². The molecule has 2 heterocycles. The number of sulfonamides is 1. The lowest BCUT2D eigenvalue weighted by Crippen LogP contribution is -2.38. The number of fused-ring (bicyclic) bond motifs is 1. The second-order valence-corrected chi connectivity index (χ2v) is 11.6. The fraction of sp³-hybridized carbons (Fsp3) is 0.333. The highest BCUT2D eigenvalue weighted by atomic mass is 32.2. The smallest absolute Gasteiger partial charge is 0.246 e. The van der Waals surface area contributed by atoms with Crippen molar-refractivity contribution in [2.75, 3.05) is 27.3 Å². The lowest BCUT2D eigenvalue weighted by atomic mass is 9.88. The number of hydrogen-bond donors (Lipinski definition) is 0. The quantitative estimate of drug-likeness (QED) is 0.306. The molecule has 3 aromatic carbocycles. The number of ether oxygens (including phenoxy) is 2. The molecule has 37 heavy (non-hydrogen) atoms. The van der Waals surface area contributed by atoms with Gasteiger partial charge in [0.25, 0.3) is 0 Å². The molecule has 1 aliphatic rings. The Hall–Kier alpha value is -3.29. The first-order valence-electron chi connectivity index (χ1n) is 12.7. The van der Waals surface area contributed by atoms with Crippen LogP contribution < -0.4 is 9.47 Å². The highest BCUT2D eigenvalue weighted by Gasteiger charge is 2.34. The van der Waals surface area contributed by atoms with Gasteiger partial charge in [0.1, 0.15) is 16.4 Å². The fourth-order valence-electron chi connectivity index (χ4n) is 5.64. The molecule has 0 N–H and O–H groups in total. The van der Waals surface area contributed by atoms with Crippen molar-refractivity contribution in [3.8, 4) is 11.5 Å². The van der Waals surface area contributed by atoms with Crippen LogP contribution in [0.5, 0.6) is 11.5 Å². The van der Waals surface area contributed by atoms with Crippen molar-refractivity contribution in [1.82, 2.24) is 8.87 Å². The Morgan fingerprint density at radius 3 is 2.30 bits per heavy atom. The molecule has 0 aliphatic carbocycles. The van der Waals surface area contributed by atoms with Gasteiger partial charge < -0.3 is 14.0 Å². The van der Waals surface area contributed by atoms with E-state index in [-0.39, 0.29) is 4.90 Å². The van der Waals surface area contributed by atoms with Crippen LogP contribution in [0.4, 0.5) is 0 Å². The normalized spacial score (nSPS) is 15.2. The van der Waals surface area contributed by atoms with Gasteiger partial charge in [-0.3, -0.25) is 0 Å². The molecule has 6 nitrogen and oxygen atoms in total. The second kappa shape index (κ2) is 10.2. The van der Waals surface area contributed by atoms with Gasteiger partial charge in [0.2, 0.25) is 10.0 Å². The Balaban J connectivity index is 1.43. The molecule has 1 fully saturated rings. The van der Waals surface area contributed by atoms with Crippen LogP contribution in [-0.4, -0.2) is 44.6 Å². The number of aromatic nitrogens is 1. The van der Waals surface area contributed by atoms with Gasteiger partial charge in [-0.2, -0.15) is 4.31 Å². The maximum atomic E-state index is 13.6. The van der Waals surface area contributed by atoms with Gasteiger partial charge in [-0.15, -0.1) is 0 Å². The topological polar surface area (TPSA) is 60.8 Å². The average Bonchev–Trinajstić information content (AvgIpc) is 3.20. The lowest BCUT2D eigenvalue weighted by Gasteiger charge is -2.32. The predicted molar refractivity (Wildman–Crippen MR) is 147 cm³/mol. The van der Waals surface area contributed by atoms with Gasteiger partial charge in [-0.1, -0.05) is 42.5 Å². The first kappa shape index (κ1) is 25.4. The Morgan fingerprint density at radius 2 is 1.59 bits per heavy atom. The van der Waals surface area contributed by atoms with Gasteiger partial charge in [0.15, 0.2) is 0 Å². The van der Waals surface area contributed by atoms with E-state index in [2.05, 4.69) is 66.9 Å². The molecule has 0 saturated carbocycles. The van der Waals surface area contributed by atoms with Crippen molar-refractivity contribution < 1.29 is 17.9 Å². The monoisotopic (exact) mass is 518 g/mol. The summed E-state index contributed by atoms with van der Waals surface area (Å²) in [6.07, 6.45) is 1.54. The van der Waals surface area contributed by atoms with E-state index in [0.717, 1.165) is 19.4 Å².